The van der Waals surface area contributed by atoms with Gasteiger partial charge in [-0.3, -0.25) is 4.79 Å². The minimum absolute atomic E-state index is 0.324. The molecule has 3 rings (SSSR count). The van der Waals surface area contributed by atoms with Crippen LogP contribution in [0.2, 0.25) is 0 Å². The second-order valence-electron chi connectivity index (χ2n) is 5.21. The Morgan fingerprint density at radius 1 is 1.25 bits per heavy atom. The summed E-state index contributed by atoms with van der Waals surface area (Å²) in [7, 11) is 0. The molecule has 1 N–H and O–H groups in total. The molecule has 0 aliphatic carbocycles. The Bertz CT molecular complexity index is 587. The highest BCUT2D eigenvalue weighted by atomic mass is 32.2. The van der Waals surface area contributed by atoms with Gasteiger partial charge in [0.2, 0.25) is 5.91 Å². The molecule has 1 saturated heterocycles. The first-order chi connectivity index (χ1) is 9.84. The topological polar surface area (TPSA) is 36.1 Å². The zero-order chi connectivity index (χ0) is 13.8. The molecule has 1 fully saturated rings. The number of nitrogens with zero attached hydrogens (tertiary/aromatic N) is 1. The van der Waals surface area contributed by atoms with Crippen LogP contribution in [0.3, 0.4) is 0 Å². The Balaban J connectivity index is 1.53. The van der Waals surface area contributed by atoms with E-state index in [-0.39, 0.29) is 0 Å². The fraction of sp³-hybridized carbons (Fsp3) is 0.438. The van der Waals surface area contributed by atoms with Crippen LogP contribution in [0.25, 0.3) is 10.9 Å². The standard InChI is InChI=1S/C16H20N2OS/c19-16(18-8-10-20-11-9-18)7-3-4-13-12-17-15-6-2-1-5-14(13)15/h1-2,5-6,12,17H,3-4,7-11H2. The number of aromatic amines is 1. The Hall–Kier alpha value is -1.42. The molecule has 0 spiro atoms. The predicted molar refractivity (Wildman–Crippen MR) is 85.1 cm³/mol. The molecule has 2 heterocycles. The highest BCUT2D eigenvalue weighted by Gasteiger charge is 2.16. The summed E-state index contributed by atoms with van der Waals surface area (Å²) in [4.78, 5) is 17.4. The first-order valence-electron chi connectivity index (χ1n) is 7.25. The largest absolute Gasteiger partial charge is 0.361 e. The van der Waals surface area contributed by atoms with E-state index in [0.717, 1.165) is 37.4 Å². The average Bonchev–Trinajstić information content (AvgIpc) is 2.92. The number of carbonyl (C=O) groups excluding carboxylic acids is 1. The number of aryl methyl sites for hydroxylation is 1. The van der Waals surface area contributed by atoms with Crippen LogP contribution < -0.4 is 0 Å². The second-order valence-corrected chi connectivity index (χ2v) is 6.43. The van der Waals surface area contributed by atoms with Crippen molar-refractivity contribution in [3.63, 3.8) is 0 Å². The number of benzene rings is 1. The highest BCUT2D eigenvalue weighted by molar-refractivity contribution is 7.99. The van der Waals surface area contributed by atoms with Gasteiger partial charge in [-0.15, -0.1) is 0 Å². The second kappa shape index (κ2) is 6.35. The maximum absolute atomic E-state index is 12.1. The number of hydrogen-bond acceptors (Lipinski definition) is 2. The molecule has 4 heteroatoms. The lowest BCUT2D eigenvalue weighted by molar-refractivity contribution is -0.130. The van der Waals surface area contributed by atoms with E-state index in [9.17, 15) is 4.79 Å². The van der Waals surface area contributed by atoms with Crippen molar-refractivity contribution in [2.45, 2.75) is 19.3 Å². The minimum Gasteiger partial charge on any atom is -0.361 e. The SMILES string of the molecule is O=C(CCCc1c[nH]c2ccccc12)N1CCSCC1. The zero-order valence-electron chi connectivity index (χ0n) is 11.6. The molecule has 106 valence electrons. The summed E-state index contributed by atoms with van der Waals surface area (Å²) in [6.07, 6.45) is 4.65. The molecule has 1 aromatic carbocycles. The molecule has 0 unspecified atom stereocenters. The van der Waals surface area contributed by atoms with Gasteiger partial charge in [-0.05, 0) is 24.5 Å². The van der Waals surface area contributed by atoms with Crippen molar-refractivity contribution < 1.29 is 4.79 Å². The molecular formula is C16H20N2OS. The van der Waals surface area contributed by atoms with Gasteiger partial charge < -0.3 is 9.88 Å². The van der Waals surface area contributed by atoms with E-state index < -0.39 is 0 Å². The van der Waals surface area contributed by atoms with E-state index in [0.29, 0.717) is 12.3 Å². The number of hydrogen-bond donors (Lipinski definition) is 1. The summed E-state index contributed by atoms with van der Waals surface area (Å²) in [5.74, 6) is 2.51. The Kier molecular flexibility index (Phi) is 4.31. The van der Waals surface area contributed by atoms with Gasteiger partial charge in [-0.2, -0.15) is 11.8 Å². The Labute approximate surface area is 123 Å². The van der Waals surface area contributed by atoms with Gasteiger partial charge in [-0.1, -0.05) is 18.2 Å². The van der Waals surface area contributed by atoms with Crippen molar-refractivity contribution in [3.8, 4) is 0 Å². The van der Waals surface area contributed by atoms with Gasteiger partial charge in [0.25, 0.3) is 0 Å². The molecule has 1 amide bonds. The molecule has 0 radical (unpaired) electrons. The van der Waals surface area contributed by atoms with Gasteiger partial charge in [0, 0.05) is 48.1 Å². The van der Waals surface area contributed by atoms with Crippen LogP contribution in [0.5, 0.6) is 0 Å². The van der Waals surface area contributed by atoms with Gasteiger partial charge in [0.05, 0.1) is 0 Å². The lowest BCUT2D eigenvalue weighted by Gasteiger charge is -2.26. The molecular weight excluding hydrogens is 268 g/mol. The number of thioether (sulfide) groups is 1. The van der Waals surface area contributed by atoms with Crippen molar-refractivity contribution in [1.29, 1.82) is 0 Å². The van der Waals surface area contributed by atoms with Crippen molar-refractivity contribution in [3.05, 3.63) is 36.0 Å². The smallest absolute Gasteiger partial charge is 0.222 e. The van der Waals surface area contributed by atoms with Gasteiger partial charge in [0.1, 0.15) is 0 Å². The maximum atomic E-state index is 12.1. The van der Waals surface area contributed by atoms with E-state index in [4.69, 9.17) is 0 Å². The number of aromatic nitrogens is 1. The van der Waals surface area contributed by atoms with Crippen LogP contribution in [0.4, 0.5) is 0 Å². The normalized spacial score (nSPS) is 15.7. The van der Waals surface area contributed by atoms with Gasteiger partial charge >= 0.3 is 0 Å². The summed E-state index contributed by atoms with van der Waals surface area (Å²) in [5.41, 5.74) is 2.50. The van der Waals surface area contributed by atoms with E-state index in [2.05, 4.69) is 29.4 Å². The molecule has 1 aromatic heterocycles. The molecule has 20 heavy (non-hydrogen) atoms. The predicted octanol–water partition coefficient (Wildman–Crippen LogP) is 3.07. The van der Waals surface area contributed by atoms with Gasteiger partial charge in [-0.25, -0.2) is 0 Å². The molecule has 0 atom stereocenters. The summed E-state index contributed by atoms with van der Waals surface area (Å²) in [6.45, 7) is 1.85. The highest BCUT2D eigenvalue weighted by Crippen LogP contribution is 2.20. The first-order valence-corrected chi connectivity index (χ1v) is 8.40. The monoisotopic (exact) mass is 288 g/mol. The molecule has 0 saturated carbocycles. The molecule has 0 bridgehead atoms. The van der Waals surface area contributed by atoms with Gasteiger partial charge in [0.15, 0.2) is 0 Å². The summed E-state index contributed by atoms with van der Waals surface area (Å²) in [5, 5.41) is 1.29. The van der Waals surface area contributed by atoms with E-state index in [1.165, 1.54) is 16.5 Å². The summed E-state index contributed by atoms with van der Waals surface area (Å²) in [6, 6.07) is 8.34. The fourth-order valence-corrected chi connectivity index (χ4v) is 3.64. The Morgan fingerprint density at radius 2 is 2.05 bits per heavy atom. The number of carbonyl (C=O) groups is 1. The van der Waals surface area contributed by atoms with Crippen molar-refractivity contribution in [2.75, 3.05) is 24.6 Å². The number of fused-ring (bicyclic) bond motifs is 1. The summed E-state index contributed by atoms with van der Waals surface area (Å²) >= 11 is 1.94. The van der Waals surface area contributed by atoms with Crippen molar-refractivity contribution in [1.82, 2.24) is 9.88 Å². The quantitative estimate of drug-likeness (QED) is 0.938. The first kappa shape index (κ1) is 13.6. The zero-order valence-corrected chi connectivity index (χ0v) is 12.4. The van der Waals surface area contributed by atoms with E-state index >= 15 is 0 Å². The number of para-hydroxylation sites is 1. The fourth-order valence-electron chi connectivity index (χ4n) is 2.74. The van der Waals surface area contributed by atoms with Crippen LogP contribution in [-0.2, 0) is 11.2 Å². The van der Waals surface area contributed by atoms with E-state index in [1.54, 1.807) is 0 Å². The molecule has 3 nitrogen and oxygen atoms in total. The third-order valence-corrected chi connectivity index (χ3v) is 4.82. The number of rotatable bonds is 4. The minimum atomic E-state index is 0.324. The lowest BCUT2D eigenvalue weighted by atomic mass is 10.1. The maximum Gasteiger partial charge on any atom is 0.222 e. The number of nitrogens with one attached hydrogen (secondary N) is 1. The lowest BCUT2D eigenvalue weighted by Crippen LogP contribution is -2.37. The van der Waals surface area contributed by atoms with Crippen LogP contribution in [0.15, 0.2) is 30.5 Å². The molecule has 1 aliphatic heterocycles. The molecule has 2 aromatic rings. The average molecular weight is 288 g/mol. The third-order valence-electron chi connectivity index (χ3n) is 3.88. The van der Waals surface area contributed by atoms with Crippen molar-refractivity contribution >= 4 is 28.6 Å². The summed E-state index contributed by atoms with van der Waals surface area (Å²) < 4.78 is 0. The van der Waals surface area contributed by atoms with Crippen LogP contribution in [0, 0.1) is 0 Å². The van der Waals surface area contributed by atoms with E-state index in [1.807, 2.05) is 22.7 Å². The third kappa shape index (κ3) is 3.01. The van der Waals surface area contributed by atoms with Crippen LogP contribution in [-0.4, -0.2) is 40.4 Å². The van der Waals surface area contributed by atoms with Crippen LogP contribution in [0.1, 0.15) is 18.4 Å². The number of amides is 1. The molecule has 1 aliphatic rings. The van der Waals surface area contributed by atoms with Crippen molar-refractivity contribution in [2.24, 2.45) is 0 Å². The number of H-pyrrole nitrogens is 1. The van der Waals surface area contributed by atoms with Crippen LogP contribution >= 0.6 is 11.8 Å². The Morgan fingerprint density at radius 3 is 2.90 bits per heavy atom.